The van der Waals surface area contributed by atoms with E-state index >= 15 is 0 Å². The summed E-state index contributed by atoms with van der Waals surface area (Å²) in [6.07, 6.45) is 0. The van der Waals surface area contributed by atoms with Crippen molar-refractivity contribution in [2.75, 3.05) is 12.9 Å². The minimum Gasteiger partial charge on any atom is -0.400 e. The molecule has 0 aliphatic carbocycles. The highest BCUT2D eigenvalue weighted by atomic mass is 32.2. The summed E-state index contributed by atoms with van der Waals surface area (Å²) in [7, 11) is 0.173. The Kier molecular flexibility index (Phi) is 6.92. The zero-order chi connectivity index (χ0) is 11.8. The first kappa shape index (κ1) is 14.1. The summed E-state index contributed by atoms with van der Waals surface area (Å²) < 4.78 is 11.3. The van der Waals surface area contributed by atoms with Crippen LogP contribution in [0.4, 0.5) is 0 Å². The molecular weight excluding hydrogens is 208 g/mol. The molecule has 1 aromatic carbocycles. The fourth-order valence-corrected chi connectivity index (χ4v) is 2.59. The molecule has 0 fully saturated rings. The van der Waals surface area contributed by atoms with Gasteiger partial charge in [0.2, 0.25) is 0 Å². The van der Waals surface area contributed by atoms with Crippen LogP contribution in [0, 0.1) is 0 Å². The van der Waals surface area contributed by atoms with Crippen molar-refractivity contribution in [1.29, 1.82) is 0 Å². The van der Waals surface area contributed by atoms with Crippen molar-refractivity contribution in [2.24, 2.45) is 0 Å². The first-order chi connectivity index (χ1) is 7.29. The average molecular weight is 226 g/mol. The summed E-state index contributed by atoms with van der Waals surface area (Å²) in [4.78, 5) is 0.942. The zero-order valence-corrected chi connectivity index (χ0v) is 10.3. The Balaban J connectivity index is 0.000000442. The van der Waals surface area contributed by atoms with E-state index in [4.69, 9.17) is 5.11 Å². The quantitative estimate of drug-likeness (QED) is 0.738. The largest absolute Gasteiger partial charge is 0.400 e. The lowest BCUT2D eigenvalue weighted by Gasteiger charge is -1.93. The minimum absolute atomic E-state index is 0.610. The van der Waals surface area contributed by atoms with Crippen LogP contribution < -0.4 is 0 Å². The fraction of sp³-hybridized carbons (Fsp3) is 0.333. The maximum absolute atomic E-state index is 11.3. The molecule has 1 unspecified atom stereocenters. The standard InChI is InChI=1S/C9H8OS.C2H6.CH4O/c1-7-6-11(10)9-5-3-2-4-8(7)9;2*1-2/h2-5H,1,6H2;1-2H3;2H,1H3. The second-order valence-electron chi connectivity index (χ2n) is 2.59. The molecule has 1 N–H and O–H groups in total. The van der Waals surface area contributed by atoms with E-state index in [1.165, 1.54) is 0 Å². The lowest BCUT2D eigenvalue weighted by molar-refractivity contribution is 0.399. The monoisotopic (exact) mass is 226 g/mol. The molecule has 1 atom stereocenters. The van der Waals surface area contributed by atoms with Gasteiger partial charge in [0.25, 0.3) is 0 Å². The molecule has 1 aliphatic rings. The summed E-state index contributed by atoms with van der Waals surface area (Å²) in [6.45, 7) is 7.85. The van der Waals surface area contributed by atoms with Crippen LogP contribution in [0.3, 0.4) is 0 Å². The molecule has 0 amide bonds. The Morgan fingerprint density at radius 2 is 1.80 bits per heavy atom. The molecule has 0 spiro atoms. The number of benzene rings is 1. The molecule has 0 aromatic heterocycles. The predicted molar refractivity (Wildman–Crippen MR) is 66.2 cm³/mol. The molecule has 1 heterocycles. The van der Waals surface area contributed by atoms with E-state index in [1.54, 1.807) is 0 Å². The molecule has 0 radical (unpaired) electrons. The second-order valence-corrected chi connectivity index (χ2v) is 4.01. The van der Waals surface area contributed by atoms with Crippen LogP contribution in [0.15, 0.2) is 35.7 Å². The highest BCUT2D eigenvalue weighted by Crippen LogP contribution is 2.29. The summed E-state index contributed by atoms with van der Waals surface area (Å²) in [5, 5.41) is 7.00. The van der Waals surface area contributed by atoms with Gasteiger partial charge in [0, 0.05) is 12.0 Å². The third kappa shape index (κ3) is 3.29. The van der Waals surface area contributed by atoms with Crippen LogP contribution in [-0.4, -0.2) is 22.2 Å². The number of fused-ring (bicyclic) bond motifs is 1. The lowest BCUT2D eigenvalue weighted by Crippen LogP contribution is -1.85. The highest BCUT2D eigenvalue weighted by Gasteiger charge is 2.19. The van der Waals surface area contributed by atoms with E-state index in [-0.39, 0.29) is 0 Å². The van der Waals surface area contributed by atoms with Crippen molar-refractivity contribution < 1.29 is 9.32 Å². The van der Waals surface area contributed by atoms with Crippen molar-refractivity contribution in [3.63, 3.8) is 0 Å². The molecular formula is C12H18O2S. The maximum atomic E-state index is 11.3. The molecule has 0 saturated carbocycles. The number of aliphatic hydroxyl groups is 1. The first-order valence-corrected chi connectivity index (χ1v) is 6.21. The van der Waals surface area contributed by atoms with Gasteiger partial charge in [-0.1, -0.05) is 38.6 Å². The summed E-state index contributed by atoms with van der Waals surface area (Å²) in [5.41, 5.74) is 2.07. The maximum Gasteiger partial charge on any atom is 0.0580 e. The van der Waals surface area contributed by atoms with E-state index < -0.39 is 10.8 Å². The van der Waals surface area contributed by atoms with E-state index in [1.807, 2.05) is 38.1 Å². The number of aliphatic hydroxyl groups excluding tert-OH is 1. The molecule has 0 saturated heterocycles. The second kappa shape index (κ2) is 7.37. The molecule has 1 aliphatic heterocycles. The van der Waals surface area contributed by atoms with E-state index in [0.717, 1.165) is 23.1 Å². The van der Waals surface area contributed by atoms with Gasteiger partial charge in [-0.05, 0) is 17.2 Å². The normalized spacial score (nSPS) is 16.8. The molecule has 1 aromatic rings. The van der Waals surface area contributed by atoms with Crippen molar-refractivity contribution in [2.45, 2.75) is 18.7 Å². The average Bonchev–Trinajstić information content (AvgIpc) is 2.61. The minimum atomic E-state index is -0.827. The Hall–Kier alpha value is -0.930. The smallest absolute Gasteiger partial charge is 0.0580 e. The van der Waals surface area contributed by atoms with Crippen molar-refractivity contribution in [3.8, 4) is 0 Å². The number of hydrogen-bond acceptors (Lipinski definition) is 2. The lowest BCUT2D eigenvalue weighted by atomic mass is 10.1. The third-order valence-corrected chi connectivity index (χ3v) is 3.28. The molecule has 0 bridgehead atoms. The summed E-state index contributed by atoms with van der Waals surface area (Å²) in [6, 6.07) is 7.74. The van der Waals surface area contributed by atoms with Gasteiger partial charge < -0.3 is 5.11 Å². The third-order valence-electron chi connectivity index (χ3n) is 1.82. The van der Waals surface area contributed by atoms with Crippen LogP contribution in [0.5, 0.6) is 0 Å². The van der Waals surface area contributed by atoms with Crippen molar-refractivity contribution in [1.82, 2.24) is 0 Å². The molecule has 2 nitrogen and oxygen atoms in total. The van der Waals surface area contributed by atoms with Gasteiger partial charge in [-0.25, -0.2) is 0 Å². The Morgan fingerprint density at radius 1 is 1.27 bits per heavy atom. The molecule has 2 rings (SSSR count). The van der Waals surface area contributed by atoms with Gasteiger partial charge in [0.05, 0.1) is 16.6 Å². The first-order valence-electron chi connectivity index (χ1n) is 4.89. The van der Waals surface area contributed by atoms with Crippen molar-refractivity contribution >= 4 is 16.4 Å². The fourth-order valence-electron chi connectivity index (χ4n) is 1.27. The van der Waals surface area contributed by atoms with Gasteiger partial charge in [0.15, 0.2) is 0 Å². The SMILES string of the molecule is C=C1CS(=O)c2ccccc21.CC.CO. The molecule has 15 heavy (non-hydrogen) atoms. The van der Waals surface area contributed by atoms with E-state index in [0.29, 0.717) is 5.75 Å². The predicted octanol–water partition coefficient (Wildman–Crippen LogP) is 2.46. The van der Waals surface area contributed by atoms with Crippen molar-refractivity contribution in [3.05, 3.63) is 36.4 Å². The molecule has 84 valence electrons. The van der Waals surface area contributed by atoms with Gasteiger partial charge in [0.1, 0.15) is 0 Å². The van der Waals surface area contributed by atoms with Crippen LogP contribution >= 0.6 is 0 Å². The zero-order valence-electron chi connectivity index (χ0n) is 9.49. The van der Waals surface area contributed by atoms with Crippen LogP contribution in [-0.2, 0) is 10.8 Å². The van der Waals surface area contributed by atoms with Gasteiger partial charge in [-0.2, -0.15) is 0 Å². The van der Waals surface area contributed by atoms with Crippen LogP contribution in [0.1, 0.15) is 19.4 Å². The summed E-state index contributed by atoms with van der Waals surface area (Å²) in [5.74, 6) is 0.610. The Bertz CT molecular complexity index is 312. The number of hydrogen-bond donors (Lipinski definition) is 1. The summed E-state index contributed by atoms with van der Waals surface area (Å²) >= 11 is 0. The van der Waals surface area contributed by atoms with Gasteiger partial charge in [-0.15, -0.1) is 0 Å². The van der Waals surface area contributed by atoms with E-state index in [9.17, 15) is 4.21 Å². The van der Waals surface area contributed by atoms with Crippen LogP contribution in [0.25, 0.3) is 5.57 Å². The highest BCUT2D eigenvalue weighted by molar-refractivity contribution is 7.86. The van der Waals surface area contributed by atoms with Gasteiger partial charge in [-0.3, -0.25) is 4.21 Å². The number of rotatable bonds is 0. The van der Waals surface area contributed by atoms with Gasteiger partial charge >= 0.3 is 0 Å². The Morgan fingerprint density at radius 3 is 2.33 bits per heavy atom. The molecule has 3 heteroatoms. The Labute approximate surface area is 94.1 Å². The van der Waals surface area contributed by atoms with E-state index in [2.05, 4.69) is 6.58 Å². The van der Waals surface area contributed by atoms with Crippen LogP contribution in [0.2, 0.25) is 0 Å². The topological polar surface area (TPSA) is 37.3 Å².